The number of carbonyl (C=O) groups is 2. The second kappa shape index (κ2) is 5.93. The lowest BCUT2D eigenvalue weighted by molar-refractivity contribution is 0.00192. The van der Waals surface area contributed by atoms with Crippen LogP contribution in [-0.2, 0) is 0 Å². The Labute approximate surface area is 103 Å². The van der Waals surface area contributed by atoms with Crippen molar-refractivity contribution in [2.24, 2.45) is 0 Å². The van der Waals surface area contributed by atoms with Gasteiger partial charge in [0, 0.05) is 23.5 Å². The van der Waals surface area contributed by atoms with Crippen molar-refractivity contribution in [2.75, 3.05) is 0 Å². The van der Waals surface area contributed by atoms with E-state index in [9.17, 15) is 27.2 Å². The third-order valence-electron chi connectivity index (χ3n) is 2.29. The van der Waals surface area contributed by atoms with E-state index in [1.54, 1.807) is 0 Å². The maximum absolute atomic E-state index is 12.2. The van der Waals surface area contributed by atoms with Crippen LogP contribution < -0.4 is 0 Å². The summed E-state index contributed by atoms with van der Waals surface area (Å²) in [6.07, 6.45) is -10.5. The summed E-state index contributed by atoms with van der Waals surface area (Å²) in [6, 6.07) is 0. The Bertz CT molecular complexity index is 433. The summed E-state index contributed by atoms with van der Waals surface area (Å²) in [5.41, 5.74) is -1.37. The minimum Gasteiger partial charge on any atom is -0.379 e. The summed E-state index contributed by atoms with van der Waals surface area (Å²) in [4.78, 5) is 25.0. The molecule has 19 heavy (non-hydrogen) atoms. The van der Waals surface area contributed by atoms with Gasteiger partial charge in [-0.2, -0.15) is 0 Å². The van der Waals surface area contributed by atoms with Crippen LogP contribution in [0.5, 0.6) is 0 Å². The van der Waals surface area contributed by atoms with Crippen LogP contribution in [0.4, 0.5) is 17.6 Å². The molecule has 0 saturated heterocycles. The molecule has 1 heterocycles. The van der Waals surface area contributed by atoms with Gasteiger partial charge in [-0.1, -0.05) is 0 Å². The predicted molar refractivity (Wildman–Crippen MR) is 53.5 cm³/mol. The zero-order valence-corrected chi connectivity index (χ0v) is 9.19. The Hall–Kier alpha value is -1.74. The van der Waals surface area contributed by atoms with Gasteiger partial charge < -0.3 is 15.2 Å². The largest absolute Gasteiger partial charge is 0.379 e. The molecule has 0 aliphatic rings. The summed E-state index contributed by atoms with van der Waals surface area (Å²) >= 11 is 0. The van der Waals surface area contributed by atoms with Gasteiger partial charge in [-0.15, -0.1) is 0 Å². The van der Waals surface area contributed by atoms with Crippen molar-refractivity contribution in [1.29, 1.82) is 0 Å². The molecule has 5 nitrogen and oxygen atoms in total. The molecule has 106 valence electrons. The lowest BCUT2D eigenvalue weighted by Gasteiger charge is -2.10. The first kappa shape index (κ1) is 15.3. The molecule has 2 atom stereocenters. The molecule has 0 aliphatic heterocycles. The Kier molecular flexibility index (Phi) is 4.78. The van der Waals surface area contributed by atoms with Gasteiger partial charge >= 0.3 is 0 Å². The second-order valence-electron chi connectivity index (χ2n) is 3.57. The van der Waals surface area contributed by atoms with Crippen molar-refractivity contribution in [3.63, 3.8) is 0 Å². The number of hydrogen-bond donors (Lipinski definition) is 3. The van der Waals surface area contributed by atoms with E-state index in [4.69, 9.17) is 10.2 Å². The zero-order valence-electron chi connectivity index (χ0n) is 9.19. The van der Waals surface area contributed by atoms with Crippen LogP contribution in [0.2, 0.25) is 0 Å². The van der Waals surface area contributed by atoms with E-state index in [2.05, 4.69) is 4.98 Å². The maximum atomic E-state index is 12.2. The summed E-state index contributed by atoms with van der Waals surface area (Å²) in [6.45, 7) is 0. The summed E-state index contributed by atoms with van der Waals surface area (Å²) < 4.78 is 48.6. The van der Waals surface area contributed by atoms with Gasteiger partial charge in [-0.05, 0) is 0 Å². The molecule has 0 radical (unpaired) electrons. The van der Waals surface area contributed by atoms with Gasteiger partial charge in [0.15, 0.2) is 23.8 Å². The van der Waals surface area contributed by atoms with Crippen LogP contribution in [0.1, 0.15) is 20.7 Å². The molecule has 0 amide bonds. The first-order valence-electron chi connectivity index (χ1n) is 4.95. The van der Waals surface area contributed by atoms with Crippen molar-refractivity contribution < 1.29 is 37.4 Å². The molecule has 9 heteroatoms. The molecule has 0 aliphatic carbocycles. The van der Waals surface area contributed by atoms with Crippen molar-refractivity contribution in [3.8, 4) is 0 Å². The standard InChI is InChI=1S/C10H9F4NO4/c11-9(12)7(18)5(16)3-1-15-2-4(3)6(17)8(19)10(13)14/h1-2,7-10,15,18-19H. The van der Waals surface area contributed by atoms with Gasteiger partial charge in [0.2, 0.25) is 0 Å². The van der Waals surface area contributed by atoms with Gasteiger partial charge in [-0.25, -0.2) is 17.6 Å². The molecule has 3 N–H and O–H groups in total. The highest BCUT2D eigenvalue weighted by Crippen LogP contribution is 2.18. The van der Waals surface area contributed by atoms with E-state index < -0.39 is 47.8 Å². The average molecular weight is 283 g/mol. The van der Waals surface area contributed by atoms with Crippen LogP contribution >= 0.6 is 0 Å². The highest BCUT2D eigenvalue weighted by atomic mass is 19.3. The monoisotopic (exact) mass is 283 g/mol. The predicted octanol–water partition coefficient (Wildman–Crippen LogP) is 0.632. The first-order chi connectivity index (χ1) is 8.77. The quantitative estimate of drug-likeness (QED) is 0.527. The number of nitrogens with one attached hydrogen (secondary N) is 1. The number of halogens is 4. The molecule has 0 spiro atoms. The fraction of sp³-hybridized carbons (Fsp3) is 0.400. The SMILES string of the molecule is O=C(c1c[nH]cc1C(=O)C(O)C(F)F)C(O)C(F)F. The van der Waals surface area contributed by atoms with Gasteiger partial charge in [-0.3, -0.25) is 9.59 Å². The summed E-state index contributed by atoms with van der Waals surface area (Å²) in [5, 5.41) is 17.8. The van der Waals surface area contributed by atoms with Crippen molar-refractivity contribution >= 4 is 11.6 Å². The number of carbonyl (C=O) groups excluding carboxylic acids is 2. The van der Waals surface area contributed by atoms with Crippen LogP contribution in [0, 0.1) is 0 Å². The fourth-order valence-corrected chi connectivity index (χ4v) is 1.32. The normalized spacial score (nSPS) is 14.7. The minimum atomic E-state index is -3.38. The number of hydrogen-bond acceptors (Lipinski definition) is 4. The smallest absolute Gasteiger partial charge is 0.271 e. The molecule has 1 aromatic rings. The molecule has 2 unspecified atom stereocenters. The average Bonchev–Trinajstić information content (AvgIpc) is 2.83. The van der Waals surface area contributed by atoms with Gasteiger partial charge in [0.05, 0.1) is 0 Å². The van der Waals surface area contributed by atoms with E-state index in [0.29, 0.717) is 0 Å². The van der Waals surface area contributed by atoms with E-state index >= 15 is 0 Å². The highest BCUT2D eigenvalue weighted by Gasteiger charge is 2.34. The van der Waals surface area contributed by atoms with Gasteiger partial charge in [0.25, 0.3) is 12.9 Å². The first-order valence-corrected chi connectivity index (χ1v) is 4.95. The fourth-order valence-electron chi connectivity index (χ4n) is 1.32. The van der Waals surface area contributed by atoms with Crippen LogP contribution in [0.3, 0.4) is 0 Å². The summed E-state index contributed by atoms with van der Waals surface area (Å²) in [5.74, 6) is -3.00. The Morgan fingerprint density at radius 3 is 1.47 bits per heavy atom. The molecule has 0 saturated carbocycles. The number of rotatable bonds is 6. The number of H-pyrrole nitrogens is 1. The number of ketones is 2. The lowest BCUT2D eigenvalue weighted by atomic mass is 10.00. The number of aliphatic hydroxyl groups is 2. The zero-order chi connectivity index (χ0) is 14.7. The molecule has 1 rings (SSSR count). The Morgan fingerprint density at radius 2 is 1.21 bits per heavy atom. The molecule has 0 bridgehead atoms. The number of aliphatic hydroxyl groups excluding tert-OH is 2. The minimum absolute atomic E-state index is 0.683. The third-order valence-corrected chi connectivity index (χ3v) is 2.29. The van der Waals surface area contributed by atoms with Crippen LogP contribution in [0.15, 0.2) is 12.4 Å². The van der Waals surface area contributed by atoms with Crippen LogP contribution in [0.25, 0.3) is 0 Å². The van der Waals surface area contributed by atoms with Crippen molar-refractivity contribution in [3.05, 3.63) is 23.5 Å². The molecular formula is C10H9F4NO4. The van der Waals surface area contributed by atoms with Crippen molar-refractivity contribution in [1.82, 2.24) is 4.98 Å². The van der Waals surface area contributed by atoms with Crippen LogP contribution in [-0.4, -0.2) is 51.8 Å². The Balaban J connectivity index is 3.05. The topological polar surface area (TPSA) is 90.4 Å². The van der Waals surface area contributed by atoms with E-state index in [-0.39, 0.29) is 0 Å². The molecule has 1 aromatic heterocycles. The number of aromatic nitrogens is 1. The number of aromatic amines is 1. The van der Waals surface area contributed by atoms with Gasteiger partial charge in [0.1, 0.15) is 0 Å². The summed E-state index contributed by atoms with van der Waals surface area (Å²) in [7, 11) is 0. The van der Waals surface area contributed by atoms with E-state index in [0.717, 1.165) is 12.4 Å². The van der Waals surface area contributed by atoms with Crippen molar-refractivity contribution in [2.45, 2.75) is 25.1 Å². The second-order valence-corrected chi connectivity index (χ2v) is 3.57. The van der Waals surface area contributed by atoms with E-state index in [1.165, 1.54) is 0 Å². The number of alkyl halides is 4. The maximum Gasteiger partial charge on any atom is 0.271 e. The highest BCUT2D eigenvalue weighted by molar-refractivity contribution is 6.11. The number of Topliss-reactive ketones (excluding diaryl/α,β-unsaturated/α-hetero) is 2. The Morgan fingerprint density at radius 1 is 0.895 bits per heavy atom. The third kappa shape index (κ3) is 3.18. The molecule has 0 aromatic carbocycles. The van der Waals surface area contributed by atoms with E-state index in [1.807, 2.05) is 0 Å². The lowest BCUT2D eigenvalue weighted by Crippen LogP contribution is -2.32. The molecular weight excluding hydrogens is 274 g/mol. The molecule has 0 fully saturated rings.